The van der Waals surface area contributed by atoms with Gasteiger partial charge < -0.3 is 5.32 Å². The maximum Gasteiger partial charge on any atom is 0.265 e. The highest BCUT2D eigenvalue weighted by Crippen LogP contribution is 2.19. The summed E-state index contributed by atoms with van der Waals surface area (Å²) in [5, 5.41) is 10.4. The molecule has 2 aromatic heterocycles. The van der Waals surface area contributed by atoms with Crippen LogP contribution in [0.5, 0.6) is 0 Å². The summed E-state index contributed by atoms with van der Waals surface area (Å²) in [6.07, 6.45) is 3.23. The van der Waals surface area contributed by atoms with Gasteiger partial charge in [0.25, 0.3) is 5.91 Å². The van der Waals surface area contributed by atoms with Gasteiger partial charge in [-0.05, 0) is 37.3 Å². The van der Waals surface area contributed by atoms with E-state index in [0.29, 0.717) is 4.88 Å². The van der Waals surface area contributed by atoms with E-state index in [0.717, 1.165) is 16.3 Å². The molecule has 1 amide bonds. The minimum absolute atomic E-state index is 0.0935. The molecule has 3 rings (SSSR count). The highest BCUT2D eigenvalue weighted by Gasteiger charge is 2.08. The van der Waals surface area contributed by atoms with E-state index < -0.39 is 0 Å². The number of amides is 1. The predicted octanol–water partition coefficient (Wildman–Crippen LogP) is 2.89. The number of thiophene rings is 1. The van der Waals surface area contributed by atoms with Crippen molar-refractivity contribution >= 4 is 22.9 Å². The number of anilines is 1. The molecule has 0 fully saturated rings. The largest absolute Gasteiger partial charge is 0.321 e. The van der Waals surface area contributed by atoms with Crippen LogP contribution in [0, 0.1) is 6.92 Å². The standard InChI is InChI=1S/C14H12N4OS/c1-10-5-6-13(20-10)14(19)17-11-3-2-4-12(7-11)18-8-15-16-9-18/h2-9H,1H3,(H,17,19). The number of aromatic nitrogens is 3. The fraction of sp³-hybridized carbons (Fsp3) is 0.0714. The molecule has 6 heteroatoms. The fourth-order valence-electron chi connectivity index (χ4n) is 1.83. The molecule has 3 aromatic rings. The zero-order valence-corrected chi connectivity index (χ0v) is 11.6. The Labute approximate surface area is 119 Å². The first-order valence-electron chi connectivity index (χ1n) is 6.05. The first-order valence-corrected chi connectivity index (χ1v) is 6.87. The molecule has 100 valence electrons. The van der Waals surface area contributed by atoms with Crippen LogP contribution in [0.15, 0.2) is 49.1 Å². The Bertz CT molecular complexity index is 733. The molecule has 0 saturated heterocycles. The number of rotatable bonds is 3. The summed E-state index contributed by atoms with van der Waals surface area (Å²) in [5.74, 6) is -0.0935. The molecule has 0 bridgehead atoms. The van der Waals surface area contributed by atoms with Crippen LogP contribution in [0.3, 0.4) is 0 Å². The Morgan fingerprint density at radius 1 is 1.20 bits per heavy atom. The average Bonchev–Trinajstić information content (AvgIpc) is 3.10. The zero-order valence-electron chi connectivity index (χ0n) is 10.8. The van der Waals surface area contributed by atoms with E-state index in [1.807, 2.05) is 43.3 Å². The normalized spacial score (nSPS) is 10.4. The van der Waals surface area contributed by atoms with Crippen LogP contribution in [0.25, 0.3) is 5.69 Å². The van der Waals surface area contributed by atoms with E-state index in [-0.39, 0.29) is 5.91 Å². The van der Waals surface area contributed by atoms with Crippen LogP contribution in [-0.2, 0) is 0 Å². The summed E-state index contributed by atoms with van der Waals surface area (Å²) in [4.78, 5) is 13.9. The van der Waals surface area contributed by atoms with Crippen molar-refractivity contribution in [2.75, 3.05) is 5.32 Å². The second-order valence-electron chi connectivity index (χ2n) is 4.28. The molecular weight excluding hydrogens is 272 g/mol. The van der Waals surface area contributed by atoms with Crippen molar-refractivity contribution in [2.24, 2.45) is 0 Å². The molecule has 1 aromatic carbocycles. The van der Waals surface area contributed by atoms with E-state index in [2.05, 4.69) is 15.5 Å². The van der Waals surface area contributed by atoms with Crippen LogP contribution >= 0.6 is 11.3 Å². The SMILES string of the molecule is Cc1ccc(C(=O)Nc2cccc(-n3cnnc3)c2)s1. The Morgan fingerprint density at radius 2 is 2.00 bits per heavy atom. The summed E-state index contributed by atoms with van der Waals surface area (Å²) in [6, 6.07) is 11.3. The molecule has 20 heavy (non-hydrogen) atoms. The van der Waals surface area contributed by atoms with Crippen molar-refractivity contribution in [1.82, 2.24) is 14.8 Å². The van der Waals surface area contributed by atoms with Gasteiger partial charge in [0.15, 0.2) is 0 Å². The van der Waals surface area contributed by atoms with E-state index >= 15 is 0 Å². The second-order valence-corrected chi connectivity index (χ2v) is 5.57. The van der Waals surface area contributed by atoms with E-state index in [4.69, 9.17) is 0 Å². The van der Waals surface area contributed by atoms with Gasteiger partial charge in [0, 0.05) is 10.6 Å². The van der Waals surface area contributed by atoms with Gasteiger partial charge in [0.05, 0.1) is 10.6 Å². The third kappa shape index (κ3) is 2.60. The summed E-state index contributed by atoms with van der Waals surface area (Å²) in [6.45, 7) is 1.98. The maximum atomic E-state index is 12.1. The molecular formula is C14H12N4OS. The van der Waals surface area contributed by atoms with Crippen LogP contribution in [0.4, 0.5) is 5.69 Å². The number of nitrogens with zero attached hydrogens (tertiary/aromatic N) is 3. The molecule has 0 atom stereocenters. The Kier molecular flexibility index (Phi) is 3.30. The number of benzene rings is 1. The summed E-state index contributed by atoms with van der Waals surface area (Å²) < 4.78 is 1.78. The molecule has 0 saturated carbocycles. The lowest BCUT2D eigenvalue weighted by molar-refractivity contribution is 0.103. The second kappa shape index (κ2) is 5.26. The number of hydrogen-bond acceptors (Lipinski definition) is 4. The van der Waals surface area contributed by atoms with Crippen LogP contribution in [-0.4, -0.2) is 20.7 Å². The number of carbonyl (C=O) groups is 1. The average molecular weight is 284 g/mol. The van der Waals surface area contributed by atoms with Gasteiger partial charge in [-0.1, -0.05) is 6.07 Å². The van der Waals surface area contributed by atoms with Crippen molar-refractivity contribution in [3.05, 3.63) is 58.8 Å². The van der Waals surface area contributed by atoms with Gasteiger partial charge in [-0.2, -0.15) is 0 Å². The first-order chi connectivity index (χ1) is 9.72. The van der Waals surface area contributed by atoms with Gasteiger partial charge in [-0.3, -0.25) is 9.36 Å². The Morgan fingerprint density at radius 3 is 2.70 bits per heavy atom. The fourth-order valence-corrected chi connectivity index (χ4v) is 2.59. The Balaban J connectivity index is 1.81. The molecule has 0 radical (unpaired) electrons. The van der Waals surface area contributed by atoms with Crippen LogP contribution in [0.1, 0.15) is 14.5 Å². The Hall–Kier alpha value is -2.47. The minimum atomic E-state index is -0.0935. The number of hydrogen-bond donors (Lipinski definition) is 1. The first kappa shape index (κ1) is 12.6. The summed E-state index contributed by atoms with van der Waals surface area (Å²) in [5.41, 5.74) is 1.64. The highest BCUT2D eigenvalue weighted by molar-refractivity contribution is 7.14. The minimum Gasteiger partial charge on any atom is -0.321 e. The molecule has 0 unspecified atom stereocenters. The van der Waals surface area contributed by atoms with Crippen molar-refractivity contribution in [3.8, 4) is 5.69 Å². The zero-order chi connectivity index (χ0) is 13.9. The molecule has 0 aliphatic rings. The van der Waals surface area contributed by atoms with Gasteiger partial charge in [-0.15, -0.1) is 21.5 Å². The van der Waals surface area contributed by atoms with Crippen molar-refractivity contribution in [3.63, 3.8) is 0 Å². The molecule has 1 N–H and O–H groups in total. The van der Waals surface area contributed by atoms with E-state index in [9.17, 15) is 4.79 Å². The number of nitrogens with one attached hydrogen (secondary N) is 1. The van der Waals surface area contributed by atoms with Gasteiger partial charge >= 0.3 is 0 Å². The van der Waals surface area contributed by atoms with Crippen LogP contribution < -0.4 is 5.32 Å². The van der Waals surface area contributed by atoms with Gasteiger partial charge in [-0.25, -0.2) is 0 Å². The molecule has 2 heterocycles. The molecule has 0 aliphatic carbocycles. The van der Waals surface area contributed by atoms with Crippen LogP contribution in [0.2, 0.25) is 0 Å². The van der Waals surface area contributed by atoms with Gasteiger partial charge in [0.1, 0.15) is 12.7 Å². The highest BCUT2D eigenvalue weighted by atomic mass is 32.1. The molecule has 0 aliphatic heterocycles. The van der Waals surface area contributed by atoms with Gasteiger partial charge in [0.2, 0.25) is 0 Å². The predicted molar refractivity (Wildman–Crippen MR) is 78.4 cm³/mol. The third-order valence-electron chi connectivity index (χ3n) is 2.79. The lowest BCUT2D eigenvalue weighted by Gasteiger charge is -2.06. The molecule has 0 spiro atoms. The van der Waals surface area contributed by atoms with E-state index in [1.165, 1.54) is 11.3 Å². The lowest BCUT2D eigenvalue weighted by Crippen LogP contribution is -2.10. The summed E-state index contributed by atoms with van der Waals surface area (Å²) >= 11 is 1.48. The summed E-state index contributed by atoms with van der Waals surface area (Å²) in [7, 11) is 0. The van der Waals surface area contributed by atoms with Crippen molar-refractivity contribution in [1.29, 1.82) is 0 Å². The third-order valence-corrected chi connectivity index (χ3v) is 3.78. The number of carbonyl (C=O) groups excluding carboxylic acids is 1. The van der Waals surface area contributed by atoms with Crippen molar-refractivity contribution < 1.29 is 4.79 Å². The van der Waals surface area contributed by atoms with Crippen molar-refractivity contribution in [2.45, 2.75) is 6.92 Å². The van der Waals surface area contributed by atoms with E-state index in [1.54, 1.807) is 17.2 Å². The smallest absolute Gasteiger partial charge is 0.265 e. The topological polar surface area (TPSA) is 59.8 Å². The molecule has 5 nitrogen and oxygen atoms in total. The maximum absolute atomic E-state index is 12.1. The monoisotopic (exact) mass is 284 g/mol. The lowest BCUT2D eigenvalue weighted by atomic mass is 10.2. The quantitative estimate of drug-likeness (QED) is 0.804. The number of aryl methyl sites for hydroxylation is 1.